The number of nitrogens with zero attached hydrogens (tertiary/aromatic N) is 3. The molecule has 0 saturated carbocycles. The molecular weight excluding hydrogens is 338 g/mol. The first kappa shape index (κ1) is 19.3. The molecule has 1 aliphatic heterocycles. The van der Waals surface area contributed by atoms with E-state index in [1.54, 1.807) is 0 Å². The van der Waals surface area contributed by atoms with Crippen molar-refractivity contribution in [3.8, 4) is 0 Å². The van der Waals surface area contributed by atoms with E-state index in [4.69, 9.17) is 0 Å². The summed E-state index contributed by atoms with van der Waals surface area (Å²) in [6.07, 6.45) is 5.92. The summed E-state index contributed by atoms with van der Waals surface area (Å²) in [5.41, 5.74) is 1.27. The topological polar surface area (TPSA) is 61.7 Å². The van der Waals surface area contributed by atoms with Gasteiger partial charge in [0.15, 0.2) is 5.96 Å². The van der Waals surface area contributed by atoms with Gasteiger partial charge in [0.25, 0.3) is 0 Å². The lowest BCUT2D eigenvalue weighted by molar-refractivity contribution is -0.129. The molecule has 1 saturated heterocycles. The van der Waals surface area contributed by atoms with Gasteiger partial charge in [-0.05, 0) is 43.7 Å². The average molecular weight is 370 g/mol. The minimum atomic E-state index is 0.246. The molecule has 0 unspecified atom stereocenters. The van der Waals surface area contributed by atoms with Crippen molar-refractivity contribution in [2.75, 3.05) is 32.7 Å². The van der Waals surface area contributed by atoms with Gasteiger partial charge in [-0.25, -0.2) is 0 Å². The number of guanidine groups is 1. The normalized spacial score (nSPS) is 14.7. The fourth-order valence-corrected chi connectivity index (χ4v) is 3.52. The average Bonchev–Trinajstić information content (AvgIpc) is 3.35. The lowest BCUT2D eigenvalue weighted by Gasteiger charge is -2.16. The van der Waals surface area contributed by atoms with E-state index in [-0.39, 0.29) is 5.91 Å². The monoisotopic (exact) mass is 369 g/mol. The maximum Gasteiger partial charge on any atom is 0.224 e. The van der Waals surface area contributed by atoms with Gasteiger partial charge >= 0.3 is 0 Å². The molecule has 146 valence electrons. The molecule has 3 rings (SSSR count). The quantitative estimate of drug-likeness (QED) is 0.427. The van der Waals surface area contributed by atoms with Gasteiger partial charge in [-0.1, -0.05) is 18.2 Å². The van der Waals surface area contributed by atoms with Crippen LogP contribution in [0, 0.1) is 0 Å². The number of hydrogen-bond acceptors (Lipinski definition) is 2. The van der Waals surface area contributed by atoms with Crippen LogP contribution in [0.5, 0.6) is 0 Å². The predicted octanol–water partition coefficient (Wildman–Crippen LogP) is 2.60. The number of rotatable bonds is 8. The number of likely N-dealkylation sites (tertiary alicyclic amines) is 1. The summed E-state index contributed by atoms with van der Waals surface area (Å²) in [7, 11) is 0. The van der Waals surface area contributed by atoms with Crippen molar-refractivity contribution in [3.63, 3.8) is 0 Å². The number of carbonyl (C=O) groups excluding carboxylic acids is 1. The Labute approximate surface area is 161 Å². The Morgan fingerprint density at radius 1 is 1.15 bits per heavy atom. The van der Waals surface area contributed by atoms with Crippen LogP contribution in [0.2, 0.25) is 0 Å². The summed E-state index contributed by atoms with van der Waals surface area (Å²) in [5.74, 6) is 1.04. The molecule has 27 heavy (non-hydrogen) atoms. The van der Waals surface area contributed by atoms with Crippen molar-refractivity contribution in [2.24, 2.45) is 4.99 Å². The van der Waals surface area contributed by atoms with E-state index in [0.29, 0.717) is 13.0 Å². The van der Waals surface area contributed by atoms with Crippen molar-refractivity contribution in [1.82, 2.24) is 20.1 Å². The fraction of sp³-hybridized carbons (Fsp3) is 0.524. The van der Waals surface area contributed by atoms with E-state index in [9.17, 15) is 4.79 Å². The Kier molecular flexibility index (Phi) is 7.13. The lowest BCUT2D eigenvalue weighted by atomic mass is 10.2. The van der Waals surface area contributed by atoms with Crippen LogP contribution >= 0.6 is 0 Å². The largest absolute Gasteiger partial charge is 0.357 e. The Morgan fingerprint density at radius 3 is 2.78 bits per heavy atom. The Morgan fingerprint density at radius 2 is 1.96 bits per heavy atom. The van der Waals surface area contributed by atoms with Crippen molar-refractivity contribution in [1.29, 1.82) is 0 Å². The Balaban J connectivity index is 1.42. The second kappa shape index (κ2) is 10.00. The number of benzene rings is 1. The predicted molar refractivity (Wildman–Crippen MR) is 111 cm³/mol. The zero-order chi connectivity index (χ0) is 18.9. The zero-order valence-electron chi connectivity index (χ0n) is 16.3. The van der Waals surface area contributed by atoms with Crippen molar-refractivity contribution >= 4 is 22.8 Å². The zero-order valence-corrected chi connectivity index (χ0v) is 16.3. The smallest absolute Gasteiger partial charge is 0.224 e. The van der Waals surface area contributed by atoms with Gasteiger partial charge in [0.05, 0.1) is 0 Å². The van der Waals surface area contributed by atoms with Crippen molar-refractivity contribution in [3.05, 3.63) is 36.5 Å². The highest BCUT2D eigenvalue weighted by atomic mass is 16.2. The van der Waals surface area contributed by atoms with Crippen LogP contribution in [0.3, 0.4) is 0 Å². The van der Waals surface area contributed by atoms with E-state index in [0.717, 1.165) is 57.9 Å². The van der Waals surface area contributed by atoms with E-state index in [1.165, 1.54) is 10.9 Å². The number of aryl methyl sites for hydroxylation is 1. The van der Waals surface area contributed by atoms with Crippen LogP contribution in [-0.4, -0.2) is 54.1 Å². The maximum atomic E-state index is 12.1. The number of hydrogen-bond donors (Lipinski definition) is 2. The van der Waals surface area contributed by atoms with Gasteiger partial charge in [0.2, 0.25) is 5.91 Å². The van der Waals surface area contributed by atoms with E-state index >= 15 is 0 Å². The van der Waals surface area contributed by atoms with Gasteiger partial charge in [-0.15, -0.1) is 0 Å². The van der Waals surface area contributed by atoms with Crippen LogP contribution in [0.15, 0.2) is 41.5 Å². The highest BCUT2D eigenvalue weighted by Crippen LogP contribution is 2.15. The summed E-state index contributed by atoms with van der Waals surface area (Å²) in [6, 6.07) is 10.6. The molecule has 1 amide bonds. The number of nitrogens with one attached hydrogen (secondary N) is 2. The van der Waals surface area contributed by atoms with Gasteiger partial charge in [-0.2, -0.15) is 0 Å². The highest BCUT2D eigenvalue weighted by molar-refractivity contribution is 5.81. The first-order chi connectivity index (χ1) is 13.3. The van der Waals surface area contributed by atoms with Gasteiger partial charge in [0.1, 0.15) is 0 Å². The number of aliphatic imine (C=N–C) groups is 1. The molecule has 1 fully saturated rings. The molecule has 0 aliphatic carbocycles. The fourth-order valence-electron chi connectivity index (χ4n) is 3.52. The molecule has 6 heteroatoms. The molecule has 0 radical (unpaired) electrons. The summed E-state index contributed by atoms with van der Waals surface area (Å²) in [5, 5.41) is 7.82. The van der Waals surface area contributed by atoms with E-state index in [2.05, 4.69) is 63.6 Å². The van der Waals surface area contributed by atoms with E-state index in [1.807, 2.05) is 4.90 Å². The number of amides is 1. The second-order valence-electron chi connectivity index (χ2n) is 6.95. The first-order valence-corrected chi connectivity index (χ1v) is 10.1. The molecule has 2 heterocycles. The van der Waals surface area contributed by atoms with Gasteiger partial charge in [-0.3, -0.25) is 9.79 Å². The third kappa shape index (κ3) is 5.49. The number of carbonyl (C=O) groups is 1. The molecule has 0 spiro atoms. The highest BCUT2D eigenvalue weighted by Gasteiger charge is 2.17. The van der Waals surface area contributed by atoms with Crippen molar-refractivity contribution < 1.29 is 4.79 Å². The number of para-hydroxylation sites is 1. The number of aromatic nitrogens is 1. The van der Waals surface area contributed by atoms with Gasteiger partial charge in [0, 0.05) is 57.4 Å². The standard InChI is InChI=1S/C21H31N5O/c1-2-22-21(24-13-10-20(27)26-14-5-6-15-26)23-12-7-16-25-17-11-18-8-3-4-9-19(18)25/h3-4,8-9,11,17H,2,5-7,10,12-16H2,1H3,(H2,22,23,24). The van der Waals surface area contributed by atoms with Crippen LogP contribution in [-0.2, 0) is 11.3 Å². The molecule has 2 N–H and O–H groups in total. The molecule has 1 aromatic heterocycles. The number of fused-ring (bicyclic) bond motifs is 1. The molecule has 1 aliphatic rings. The van der Waals surface area contributed by atoms with Gasteiger partial charge < -0.3 is 20.1 Å². The lowest BCUT2D eigenvalue weighted by Crippen LogP contribution is -2.39. The minimum absolute atomic E-state index is 0.246. The summed E-state index contributed by atoms with van der Waals surface area (Å²) in [6.45, 7) is 7.03. The molecule has 0 bridgehead atoms. The van der Waals surface area contributed by atoms with Crippen LogP contribution in [0.4, 0.5) is 0 Å². The van der Waals surface area contributed by atoms with Crippen LogP contribution in [0.1, 0.15) is 32.6 Å². The Bertz CT molecular complexity index is 761. The molecule has 1 aromatic carbocycles. The maximum absolute atomic E-state index is 12.1. The van der Waals surface area contributed by atoms with E-state index < -0.39 is 0 Å². The summed E-state index contributed by atoms with van der Waals surface area (Å²) < 4.78 is 2.28. The summed E-state index contributed by atoms with van der Waals surface area (Å²) in [4.78, 5) is 18.7. The molecule has 2 aromatic rings. The Hall–Kier alpha value is -2.50. The SMILES string of the molecule is CCNC(=NCCCn1ccc2ccccc21)NCCC(=O)N1CCCC1. The second-order valence-corrected chi connectivity index (χ2v) is 6.95. The molecule has 0 atom stereocenters. The van der Waals surface area contributed by atoms with Crippen LogP contribution in [0.25, 0.3) is 10.9 Å². The third-order valence-corrected chi connectivity index (χ3v) is 4.94. The third-order valence-electron chi connectivity index (χ3n) is 4.94. The molecular formula is C21H31N5O. The first-order valence-electron chi connectivity index (χ1n) is 10.1. The van der Waals surface area contributed by atoms with Crippen LogP contribution < -0.4 is 10.6 Å². The molecule has 6 nitrogen and oxygen atoms in total. The van der Waals surface area contributed by atoms with Crippen molar-refractivity contribution in [2.45, 2.75) is 39.2 Å². The summed E-state index contributed by atoms with van der Waals surface area (Å²) >= 11 is 0. The minimum Gasteiger partial charge on any atom is -0.357 e.